The van der Waals surface area contributed by atoms with Gasteiger partial charge in [-0.1, -0.05) is 11.8 Å². The monoisotopic (exact) mass is 241 g/mol. The third-order valence-electron chi connectivity index (χ3n) is 1.82. The molecule has 0 spiro atoms. The lowest BCUT2D eigenvalue weighted by Gasteiger charge is -2.09. The third-order valence-corrected chi connectivity index (χ3v) is 2.92. The van der Waals surface area contributed by atoms with Gasteiger partial charge in [0.05, 0.1) is 12.7 Å². The summed E-state index contributed by atoms with van der Waals surface area (Å²) in [5, 5.41) is 8.73. The van der Waals surface area contributed by atoms with E-state index in [-0.39, 0.29) is 5.56 Å². The number of hydrogen-bond acceptors (Lipinski definition) is 5. The fourth-order valence-electron chi connectivity index (χ4n) is 1.03. The maximum Gasteiger partial charge on any atom is 0.338 e. The van der Waals surface area contributed by atoms with Crippen LogP contribution in [0.3, 0.4) is 0 Å². The Morgan fingerprint density at radius 1 is 1.56 bits per heavy atom. The van der Waals surface area contributed by atoms with Crippen molar-refractivity contribution in [2.24, 2.45) is 0 Å². The molecule has 5 nitrogen and oxygen atoms in total. The summed E-state index contributed by atoms with van der Waals surface area (Å²) < 4.78 is 4.55. The molecule has 1 atom stereocenters. The van der Waals surface area contributed by atoms with Crippen LogP contribution in [0.25, 0.3) is 0 Å². The highest BCUT2D eigenvalue weighted by Crippen LogP contribution is 2.25. The number of nitrogens with zero attached hydrogens (tertiary/aromatic N) is 1. The molecule has 1 heterocycles. The summed E-state index contributed by atoms with van der Waals surface area (Å²) in [5.74, 6) is -1.47. The van der Waals surface area contributed by atoms with Crippen LogP contribution < -0.4 is 0 Å². The highest BCUT2D eigenvalue weighted by atomic mass is 32.2. The number of carbonyl (C=O) groups excluding carboxylic acids is 1. The quantitative estimate of drug-likeness (QED) is 0.634. The van der Waals surface area contributed by atoms with E-state index in [0.29, 0.717) is 5.03 Å². The van der Waals surface area contributed by atoms with Crippen LogP contribution >= 0.6 is 11.8 Å². The highest BCUT2D eigenvalue weighted by molar-refractivity contribution is 8.00. The van der Waals surface area contributed by atoms with Gasteiger partial charge in [-0.25, -0.2) is 9.78 Å². The summed E-state index contributed by atoms with van der Waals surface area (Å²) in [6.45, 7) is 1.64. The summed E-state index contributed by atoms with van der Waals surface area (Å²) in [6, 6.07) is 2.98. The molecule has 1 aromatic heterocycles. The zero-order chi connectivity index (χ0) is 12.1. The van der Waals surface area contributed by atoms with Crippen LogP contribution in [0.1, 0.15) is 17.3 Å². The SMILES string of the molecule is COC(=O)C(C)Sc1ncccc1C(=O)O. The fraction of sp³-hybridized carbons (Fsp3) is 0.300. The van der Waals surface area contributed by atoms with E-state index in [1.54, 1.807) is 6.92 Å². The molecule has 86 valence electrons. The van der Waals surface area contributed by atoms with Crippen molar-refractivity contribution in [2.45, 2.75) is 17.2 Å². The van der Waals surface area contributed by atoms with Crippen molar-refractivity contribution in [3.8, 4) is 0 Å². The van der Waals surface area contributed by atoms with Gasteiger partial charge in [0.25, 0.3) is 0 Å². The molecule has 1 rings (SSSR count). The number of carbonyl (C=O) groups is 2. The van der Waals surface area contributed by atoms with Crippen LogP contribution in [0.4, 0.5) is 0 Å². The first-order valence-corrected chi connectivity index (χ1v) is 5.37. The number of esters is 1. The molecule has 0 aliphatic carbocycles. The maximum atomic E-state index is 11.2. The summed E-state index contributed by atoms with van der Waals surface area (Å²) in [4.78, 5) is 26.0. The van der Waals surface area contributed by atoms with Gasteiger partial charge >= 0.3 is 11.9 Å². The van der Waals surface area contributed by atoms with E-state index in [1.165, 1.54) is 25.4 Å². The van der Waals surface area contributed by atoms with Gasteiger partial charge in [0, 0.05) is 6.20 Å². The van der Waals surface area contributed by atoms with Crippen LogP contribution in [-0.4, -0.2) is 34.4 Å². The van der Waals surface area contributed by atoms with Gasteiger partial charge in [0.15, 0.2) is 0 Å². The van der Waals surface area contributed by atoms with Crippen molar-refractivity contribution in [3.63, 3.8) is 0 Å². The summed E-state index contributed by atoms with van der Waals surface area (Å²) in [6.07, 6.45) is 1.48. The molecule has 1 N–H and O–H groups in total. The molecule has 1 unspecified atom stereocenters. The van der Waals surface area contributed by atoms with Crippen molar-refractivity contribution in [1.82, 2.24) is 4.98 Å². The highest BCUT2D eigenvalue weighted by Gasteiger charge is 2.19. The van der Waals surface area contributed by atoms with Gasteiger partial charge in [0.2, 0.25) is 0 Å². The summed E-state index contributed by atoms with van der Waals surface area (Å²) >= 11 is 1.06. The minimum Gasteiger partial charge on any atom is -0.478 e. The first kappa shape index (κ1) is 12.5. The number of aromatic nitrogens is 1. The van der Waals surface area contributed by atoms with Crippen molar-refractivity contribution in [2.75, 3.05) is 7.11 Å². The number of pyridine rings is 1. The van der Waals surface area contributed by atoms with Crippen LogP contribution in [0.5, 0.6) is 0 Å². The van der Waals surface area contributed by atoms with E-state index in [9.17, 15) is 9.59 Å². The third kappa shape index (κ3) is 2.96. The molecule has 16 heavy (non-hydrogen) atoms. The van der Waals surface area contributed by atoms with Crippen LogP contribution in [-0.2, 0) is 9.53 Å². The van der Waals surface area contributed by atoms with Gasteiger partial charge in [0.1, 0.15) is 10.3 Å². The second-order valence-corrected chi connectivity index (χ2v) is 4.27. The first-order chi connectivity index (χ1) is 7.56. The van der Waals surface area contributed by atoms with Crippen molar-refractivity contribution >= 4 is 23.7 Å². The van der Waals surface area contributed by atoms with Crippen LogP contribution in [0.2, 0.25) is 0 Å². The number of aromatic carboxylic acids is 1. The minimum absolute atomic E-state index is 0.0863. The predicted octanol–water partition coefficient (Wildman–Crippen LogP) is 1.43. The molecular formula is C10H11NO4S. The van der Waals surface area contributed by atoms with Gasteiger partial charge < -0.3 is 9.84 Å². The zero-order valence-corrected chi connectivity index (χ0v) is 9.65. The molecule has 0 aliphatic rings. The van der Waals surface area contributed by atoms with E-state index in [1.807, 2.05) is 0 Å². The minimum atomic E-state index is -1.06. The Morgan fingerprint density at radius 2 is 2.25 bits per heavy atom. The Bertz CT molecular complexity index is 408. The van der Waals surface area contributed by atoms with Gasteiger partial charge in [-0.2, -0.15) is 0 Å². The molecule has 0 aliphatic heterocycles. The maximum absolute atomic E-state index is 11.2. The smallest absolute Gasteiger partial charge is 0.338 e. The average molecular weight is 241 g/mol. The lowest BCUT2D eigenvalue weighted by atomic mass is 10.3. The molecule has 0 aromatic carbocycles. The van der Waals surface area contributed by atoms with Crippen LogP contribution in [0, 0.1) is 0 Å². The van der Waals surface area contributed by atoms with Crippen molar-refractivity contribution in [1.29, 1.82) is 0 Å². The normalized spacial score (nSPS) is 11.9. The standard InChI is InChI=1S/C10H11NO4S/c1-6(10(14)15-2)16-8-7(9(12)13)4-3-5-11-8/h3-6H,1-2H3,(H,12,13). The molecule has 6 heteroatoms. The number of carboxylic acid groups (broad SMARTS) is 1. The van der Waals surface area contributed by atoms with E-state index in [2.05, 4.69) is 9.72 Å². The van der Waals surface area contributed by atoms with Crippen molar-refractivity contribution < 1.29 is 19.4 Å². The van der Waals surface area contributed by atoms with E-state index >= 15 is 0 Å². The first-order valence-electron chi connectivity index (χ1n) is 4.49. The number of hydrogen-bond donors (Lipinski definition) is 1. The average Bonchev–Trinajstić information content (AvgIpc) is 2.28. The molecule has 0 radical (unpaired) electrons. The van der Waals surface area contributed by atoms with E-state index in [0.717, 1.165) is 11.8 Å². The topological polar surface area (TPSA) is 76.5 Å². The number of carboxylic acids is 1. The Balaban J connectivity index is 2.88. The van der Waals surface area contributed by atoms with Crippen LogP contribution in [0.15, 0.2) is 23.4 Å². The molecule has 1 aromatic rings. The number of methoxy groups -OCH3 is 1. The number of rotatable bonds is 4. The largest absolute Gasteiger partial charge is 0.478 e. The van der Waals surface area contributed by atoms with E-state index in [4.69, 9.17) is 5.11 Å². The molecular weight excluding hydrogens is 230 g/mol. The zero-order valence-electron chi connectivity index (χ0n) is 8.84. The Kier molecular flexibility index (Phi) is 4.30. The Hall–Kier alpha value is -1.56. The second kappa shape index (κ2) is 5.50. The fourth-order valence-corrected chi connectivity index (χ4v) is 1.96. The lowest BCUT2D eigenvalue weighted by molar-refractivity contribution is -0.139. The Morgan fingerprint density at radius 3 is 2.81 bits per heavy atom. The van der Waals surface area contributed by atoms with Gasteiger partial charge in [-0.15, -0.1) is 0 Å². The van der Waals surface area contributed by atoms with E-state index < -0.39 is 17.2 Å². The molecule has 0 amide bonds. The molecule has 0 saturated heterocycles. The van der Waals surface area contributed by atoms with Crippen molar-refractivity contribution in [3.05, 3.63) is 23.9 Å². The lowest BCUT2D eigenvalue weighted by Crippen LogP contribution is -2.15. The second-order valence-electron chi connectivity index (χ2n) is 2.94. The number of thioether (sulfide) groups is 1. The van der Waals surface area contributed by atoms with Gasteiger partial charge in [-0.05, 0) is 19.1 Å². The summed E-state index contributed by atoms with van der Waals surface area (Å²) in [5.41, 5.74) is 0.0863. The molecule has 0 bridgehead atoms. The summed E-state index contributed by atoms with van der Waals surface area (Å²) in [7, 11) is 1.29. The predicted molar refractivity (Wildman–Crippen MR) is 58.5 cm³/mol. The number of ether oxygens (including phenoxy) is 1. The molecule has 0 fully saturated rings. The van der Waals surface area contributed by atoms with Gasteiger partial charge in [-0.3, -0.25) is 4.79 Å². The Labute approximate surface area is 96.8 Å². The molecule has 0 saturated carbocycles.